The van der Waals surface area contributed by atoms with E-state index < -0.39 is 0 Å². The zero-order chi connectivity index (χ0) is 7.56. The van der Waals surface area contributed by atoms with Gasteiger partial charge in [0, 0.05) is 0 Å². The molecular formula is C8H13NO. The van der Waals surface area contributed by atoms with Gasteiger partial charge >= 0.3 is 0 Å². The fraction of sp³-hybridized carbons (Fsp3) is 0.625. The van der Waals surface area contributed by atoms with Gasteiger partial charge < -0.3 is 5.73 Å². The molecule has 1 unspecified atom stereocenters. The summed E-state index contributed by atoms with van der Waals surface area (Å²) in [6.45, 7) is 3.39. The SMILES string of the molecule is C=CC(=O)C(N)C1CCC1. The van der Waals surface area contributed by atoms with Crippen molar-refractivity contribution in [2.75, 3.05) is 0 Å². The van der Waals surface area contributed by atoms with Crippen molar-refractivity contribution >= 4 is 5.78 Å². The highest BCUT2D eigenvalue weighted by molar-refractivity contribution is 5.93. The van der Waals surface area contributed by atoms with Crippen molar-refractivity contribution in [3.05, 3.63) is 12.7 Å². The molecule has 1 aliphatic rings. The predicted molar refractivity (Wildman–Crippen MR) is 40.5 cm³/mol. The van der Waals surface area contributed by atoms with Crippen LogP contribution in [0.3, 0.4) is 0 Å². The third kappa shape index (κ3) is 1.27. The molecule has 2 nitrogen and oxygen atoms in total. The maximum atomic E-state index is 10.9. The molecule has 0 heterocycles. The first-order valence-electron chi connectivity index (χ1n) is 3.67. The zero-order valence-electron chi connectivity index (χ0n) is 6.05. The van der Waals surface area contributed by atoms with Gasteiger partial charge in [0.1, 0.15) is 0 Å². The summed E-state index contributed by atoms with van der Waals surface area (Å²) in [5.41, 5.74) is 5.61. The van der Waals surface area contributed by atoms with Gasteiger partial charge in [0.25, 0.3) is 0 Å². The molecule has 10 heavy (non-hydrogen) atoms. The maximum Gasteiger partial charge on any atom is 0.172 e. The van der Waals surface area contributed by atoms with E-state index in [1.165, 1.54) is 12.5 Å². The summed E-state index contributed by atoms with van der Waals surface area (Å²) < 4.78 is 0. The van der Waals surface area contributed by atoms with Crippen LogP contribution in [0, 0.1) is 5.92 Å². The lowest BCUT2D eigenvalue weighted by Crippen LogP contribution is -2.40. The molecule has 0 radical (unpaired) electrons. The third-order valence-corrected chi connectivity index (χ3v) is 2.19. The molecule has 2 N–H and O–H groups in total. The molecule has 0 saturated heterocycles. The van der Waals surface area contributed by atoms with Crippen molar-refractivity contribution in [1.82, 2.24) is 0 Å². The van der Waals surface area contributed by atoms with Crippen molar-refractivity contribution in [3.8, 4) is 0 Å². The number of ketones is 1. The number of carbonyl (C=O) groups excluding carboxylic acids is 1. The predicted octanol–water partition coefficient (Wildman–Crippen LogP) is 0.869. The van der Waals surface area contributed by atoms with Crippen LogP contribution < -0.4 is 5.73 Å². The molecule has 0 aromatic heterocycles. The normalized spacial score (nSPS) is 21.3. The number of hydrogen-bond acceptors (Lipinski definition) is 2. The summed E-state index contributed by atoms with van der Waals surface area (Å²) in [5, 5.41) is 0. The molecule has 0 aromatic carbocycles. The summed E-state index contributed by atoms with van der Waals surface area (Å²) >= 11 is 0. The molecule has 1 atom stereocenters. The lowest BCUT2D eigenvalue weighted by molar-refractivity contribution is -0.117. The molecule has 0 aliphatic heterocycles. The van der Waals surface area contributed by atoms with E-state index in [9.17, 15) is 4.79 Å². The quantitative estimate of drug-likeness (QED) is 0.589. The molecule has 1 aliphatic carbocycles. The summed E-state index contributed by atoms with van der Waals surface area (Å²) in [7, 11) is 0. The lowest BCUT2D eigenvalue weighted by atomic mass is 9.78. The average Bonchev–Trinajstić information content (AvgIpc) is 1.82. The summed E-state index contributed by atoms with van der Waals surface area (Å²) in [6.07, 6.45) is 4.77. The van der Waals surface area contributed by atoms with Crippen LogP contribution in [0.25, 0.3) is 0 Å². The fourth-order valence-corrected chi connectivity index (χ4v) is 1.17. The van der Waals surface area contributed by atoms with Gasteiger partial charge in [-0.05, 0) is 24.8 Å². The Bertz CT molecular complexity index is 149. The first-order chi connectivity index (χ1) is 4.75. The van der Waals surface area contributed by atoms with Crippen LogP contribution in [0.15, 0.2) is 12.7 Å². The number of nitrogens with two attached hydrogens (primary N) is 1. The van der Waals surface area contributed by atoms with Gasteiger partial charge in [-0.3, -0.25) is 4.79 Å². The molecule has 0 aromatic rings. The van der Waals surface area contributed by atoms with Crippen LogP contribution >= 0.6 is 0 Å². The highest BCUT2D eigenvalue weighted by atomic mass is 16.1. The number of hydrogen-bond donors (Lipinski definition) is 1. The highest BCUT2D eigenvalue weighted by Gasteiger charge is 2.27. The molecule has 0 bridgehead atoms. The zero-order valence-corrected chi connectivity index (χ0v) is 6.05. The van der Waals surface area contributed by atoms with Crippen LogP contribution in [0.1, 0.15) is 19.3 Å². The van der Waals surface area contributed by atoms with Crippen LogP contribution in [-0.2, 0) is 4.79 Å². The molecule has 1 saturated carbocycles. The van der Waals surface area contributed by atoms with Gasteiger partial charge in [-0.1, -0.05) is 13.0 Å². The number of carbonyl (C=O) groups is 1. The number of rotatable bonds is 3. The van der Waals surface area contributed by atoms with E-state index in [1.54, 1.807) is 0 Å². The second-order valence-electron chi connectivity index (χ2n) is 2.82. The van der Waals surface area contributed by atoms with Crippen molar-refractivity contribution in [2.24, 2.45) is 11.7 Å². The summed E-state index contributed by atoms with van der Waals surface area (Å²) in [4.78, 5) is 10.9. The Kier molecular flexibility index (Phi) is 2.22. The summed E-state index contributed by atoms with van der Waals surface area (Å²) in [6, 6.07) is -0.272. The minimum atomic E-state index is -0.272. The fourth-order valence-electron chi connectivity index (χ4n) is 1.17. The summed E-state index contributed by atoms with van der Waals surface area (Å²) in [5.74, 6) is 0.426. The van der Waals surface area contributed by atoms with Crippen LogP contribution in [-0.4, -0.2) is 11.8 Å². The highest BCUT2D eigenvalue weighted by Crippen LogP contribution is 2.28. The van der Waals surface area contributed by atoms with Gasteiger partial charge in [-0.2, -0.15) is 0 Å². The Labute approximate surface area is 61.1 Å². The van der Waals surface area contributed by atoms with Gasteiger partial charge in [0.15, 0.2) is 5.78 Å². The molecule has 1 rings (SSSR count). The van der Waals surface area contributed by atoms with E-state index in [-0.39, 0.29) is 11.8 Å². The standard InChI is InChI=1S/C8H13NO/c1-2-7(10)8(9)6-4-3-5-6/h2,6,8H,1,3-5,9H2. The second kappa shape index (κ2) is 2.97. The van der Waals surface area contributed by atoms with Crippen LogP contribution in [0.4, 0.5) is 0 Å². The topological polar surface area (TPSA) is 43.1 Å². The van der Waals surface area contributed by atoms with Gasteiger partial charge in [-0.25, -0.2) is 0 Å². The van der Waals surface area contributed by atoms with Gasteiger partial charge in [0.2, 0.25) is 0 Å². The molecule has 56 valence electrons. The van der Waals surface area contributed by atoms with E-state index in [4.69, 9.17) is 5.73 Å². The molecule has 2 heteroatoms. The Morgan fingerprint density at radius 2 is 2.30 bits per heavy atom. The largest absolute Gasteiger partial charge is 0.321 e. The second-order valence-corrected chi connectivity index (χ2v) is 2.82. The van der Waals surface area contributed by atoms with Gasteiger partial charge in [-0.15, -0.1) is 0 Å². The minimum Gasteiger partial charge on any atom is -0.321 e. The van der Waals surface area contributed by atoms with Crippen molar-refractivity contribution in [2.45, 2.75) is 25.3 Å². The van der Waals surface area contributed by atoms with E-state index in [1.807, 2.05) is 0 Å². The average molecular weight is 139 g/mol. The first kappa shape index (κ1) is 7.48. The molecule has 0 amide bonds. The van der Waals surface area contributed by atoms with Crippen LogP contribution in [0.5, 0.6) is 0 Å². The van der Waals surface area contributed by atoms with E-state index >= 15 is 0 Å². The minimum absolute atomic E-state index is 0.00954. The first-order valence-corrected chi connectivity index (χ1v) is 3.67. The van der Waals surface area contributed by atoms with Crippen molar-refractivity contribution in [1.29, 1.82) is 0 Å². The van der Waals surface area contributed by atoms with Crippen molar-refractivity contribution < 1.29 is 4.79 Å². The Morgan fingerprint density at radius 3 is 2.60 bits per heavy atom. The monoisotopic (exact) mass is 139 g/mol. The van der Waals surface area contributed by atoms with E-state index in [0.717, 1.165) is 12.8 Å². The van der Waals surface area contributed by atoms with Crippen LogP contribution in [0.2, 0.25) is 0 Å². The molecular weight excluding hydrogens is 126 g/mol. The van der Waals surface area contributed by atoms with E-state index in [0.29, 0.717) is 5.92 Å². The Hall–Kier alpha value is -0.630. The molecule has 0 spiro atoms. The smallest absolute Gasteiger partial charge is 0.172 e. The van der Waals surface area contributed by atoms with Gasteiger partial charge in [0.05, 0.1) is 6.04 Å². The lowest BCUT2D eigenvalue weighted by Gasteiger charge is -2.29. The maximum absolute atomic E-state index is 10.9. The van der Waals surface area contributed by atoms with Crippen molar-refractivity contribution in [3.63, 3.8) is 0 Å². The Balaban J connectivity index is 2.38. The third-order valence-electron chi connectivity index (χ3n) is 2.19. The Morgan fingerprint density at radius 1 is 1.70 bits per heavy atom. The van der Waals surface area contributed by atoms with E-state index in [2.05, 4.69) is 6.58 Å². The molecule has 1 fully saturated rings.